The first kappa shape index (κ1) is 26.4. The van der Waals surface area contributed by atoms with Crippen LogP contribution in [0.3, 0.4) is 0 Å². The number of esters is 1. The van der Waals surface area contributed by atoms with Gasteiger partial charge in [0.25, 0.3) is 15.9 Å². The van der Waals surface area contributed by atoms with E-state index in [1.54, 1.807) is 26.0 Å². The lowest BCUT2D eigenvalue weighted by Gasteiger charge is -2.20. The SMILES string of the molecule is COC(=O)C(C)(C)n1cc(CNC(=O)c2ccc(S(=O)(=O)Nc3ccc(C)c4c(C#N)c[nH]c34)cc2)nn1. The van der Waals surface area contributed by atoms with Crippen molar-refractivity contribution in [2.24, 2.45) is 0 Å². The fourth-order valence-corrected chi connectivity index (χ4v) is 4.92. The van der Waals surface area contributed by atoms with E-state index < -0.39 is 27.4 Å². The highest BCUT2D eigenvalue weighted by molar-refractivity contribution is 7.92. The number of ether oxygens (including phenoxy) is 1. The Morgan fingerprint density at radius 1 is 1.18 bits per heavy atom. The van der Waals surface area contributed by atoms with Crippen LogP contribution in [0.4, 0.5) is 5.69 Å². The maximum absolute atomic E-state index is 13.0. The van der Waals surface area contributed by atoms with Crippen molar-refractivity contribution in [3.8, 4) is 6.07 Å². The zero-order valence-corrected chi connectivity index (χ0v) is 21.9. The van der Waals surface area contributed by atoms with Crippen LogP contribution in [-0.4, -0.2) is 47.4 Å². The minimum atomic E-state index is -3.98. The van der Waals surface area contributed by atoms with Gasteiger partial charge in [-0.2, -0.15) is 5.26 Å². The van der Waals surface area contributed by atoms with Crippen molar-refractivity contribution in [3.05, 3.63) is 71.2 Å². The molecule has 0 bridgehead atoms. The first-order valence-corrected chi connectivity index (χ1v) is 12.9. The molecule has 2 aromatic heterocycles. The summed E-state index contributed by atoms with van der Waals surface area (Å²) in [4.78, 5) is 27.5. The largest absolute Gasteiger partial charge is 0.467 e. The highest BCUT2D eigenvalue weighted by Gasteiger charge is 2.32. The quantitative estimate of drug-likeness (QED) is 0.289. The van der Waals surface area contributed by atoms with Gasteiger partial charge in [-0.1, -0.05) is 11.3 Å². The van der Waals surface area contributed by atoms with Gasteiger partial charge in [-0.15, -0.1) is 5.10 Å². The summed E-state index contributed by atoms with van der Waals surface area (Å²) in [6, 6.07) is 10.9. The second-order valence-corrected chi connectivity index (χ2v) is 10.7. The zero-order chi connectivity index (χ0) is 27.7. The molecule has 0 saturated carbocycles. The molecule has 4 rings (SSSR count). The summed E-state index contributed by atoms with van der Waals surface area (Å²) >= 11 is 0. The summed E-state index contributed by atoms with van der Waals surface area (Å²) in [6.45, 7) is 5.14. The van der Waals surface area contributed by atoms with Gasteiger partial charge in [-0.05, 0) is 56.7 Å². The lowest BCUT2D eigenvalue weighted by molar-refractivity contribution is -0.150. The van der Waals surface area contributed by atoms with Crippen LogP contribution in [0.1, 0.15) is 41.0 Å². The molecule has 0 atom stereocenters. The van der Waals surface area contributed by atoms with Crippen LogP contribution in [0.25, 0.3) is 10.9 Å². The van der Waals surface area contributed by atoms with E-state index in [1.807, 2.05) is 6.92 Å². The molecule has 0 aliphatic rings. The van der Waals surface area contributed by atoms with Gasteiger partial charge >= 0.3 is 5.97 Å². The molecule has 4 aromatic rings. The van der Waals surface area contributed by atoms with Crippen molar-refractivity contribution < 1.29 is 22.7 Å². The molecule has 0 fully saturated rings. The van der Waals surface area contributed by atoms with Crippen molar-refractivity contribution in [3.63, 3.8) is 0 Å². The number of methoxy groups -OCH3 is 1. The second-order valence-electron chi connectivity index (χ2n) is 9.01. The number of amides is 1. The fourth-order valence-electron chi connectivity index (χ4n) is 3.85. The topological polar surface area (TPSA) is 172 Å². The number of anilines is 1. The number of sulfonamides is 1. The molecule has 12 nitrogen and oxygen atoms in total. The molecule has 38 heavy (non-hydrogen) atoms. The summed E-state index contributed by atoms with van der Waals surface area (Å²) in [5.41, 5.74) is 1.67. The summed E-state index contributed by atoms with van der Waals surface area (Å²) < 4.78 is 34.7. The van der Waals surface area contributed by atoms with Crippen LogP contribution < -0.4 is 10.0 Å². The Hall–Kier alpha value is -4.70. The van der Waals surface area contributed by atoms with Gasteiger partial charge < -0.3 is 15.0 Å². The third kappa shape index (κ3) is 4.94. The van der Waals surface area contributed by atoms with E-state index >= 15 is 0 Å². The van der Waals surface area contributed by atoms with Gasteiger partial charge in [0, 0.05) is 17.1 Å². The average molecular weight is 536 g/mol. The number of aromatic nitrogens is 4. The van der Waals surface area contributed by atoms with E-state index in [4.69, 9.17) is 4.74 Å². The van der Waals surface area contributed by atoms with Crippen molar-refractivity contribution in [1.82, 2.24) is 25.3 Å². The molecule has 13 heteroatoms. The van der Waals surface area contributed by atoms with Crippen LogP contribution in [0, 0.1) is 18.3 Å². The van der Waals surface area contributed by atoms with Gasteiger partial charge in [0.1, 0.15) is 11.8 Å². The first-order chi connectivity index (χ1) is 18.0. The van der Waals surface area contributed by atoms with Crippen LogP contribution in [-0.2, 0) is 31.6 Å². The van der Waals surface area contributed by atoms with E-state index in [0.29, 0.717) is 27.8 Å². The molecule has 196 valence electrons. The number of nitriles is 1. The Morgan fingerprint density at radius 2 is 1.89 bits per heavy atom. The Morgan fingerprint density at radius 3 is 2.55 bits per heavy atom. The number of carbonyl (C=O) groups is 2. The van der Waals surface area contributed by atoms with Gasteiger partial charge in [0.05, 0.1) is 41.5 Å². The van der Waals surface area contributed by atoms with Crippen LogP contribution >= 0.6 is 0 Å². The first-order valence-electron chi connectivity index (χ1n) is 11.4. The molecule has 0 spiro atoms. The predicted molar refractivity (Wildman–Crippen MR) is 138 cm³/mol. The second kappa shape index (κ2) is 9.98. The highest BCUT2D eigenvalue weighted by atomic mass is 32.2. The molecule has 0 unspecified atom stereocenters. The van der Waals surface area contributed by atoms with Crippen LogP contribution in [0.15, 0.2) is 53.7 Å². The number of nitrogens with one attached hydrogen (secondary N) is 3. The Kier molecular flexibility index (Phi) is 6.93. The molecule has 3 N–H and O–H groups in total. The molecular formula is C25H25N7O5S. The maximum Gasteiger partial charge on any atom is 0.333 e. The molecule has 0 aliphatic carbocycles. The molecule has 2 aromatic carbocycles. The van der Waals surface area contributed by atoms with Crippen LogP contribution in [0.2, 0.25) is 0 Å². The number of H-pyrrole nitrogens is 1. The molecule has 0 radical (unpaired) electrons. The smallest absolute Gasteiger partial charge is 0.333 e. The lowest BCUT2D eigenvalue weighted by Crippen LogP contribution is -2.37. The van der Waals surface area contributed by atoms with Gasteiger partial charge in [0.15, 0.2) is 5.54 Å². The van der Waals surface area contributed by atoms with Crippen molar-refractivity contribution in [1.29, 1.82) is 5.26 Å². The average Bonchev–Trinajstić information content (AvgIpc) is 3.57. The number of hydrogen-bond donors (Lipinski definition) is 3. The third-order valence-electron chi connectivity index (χ3n) is 6.06. The molecular weight excluding hydrogens is 510 g/mol. The van der Waals surface area contributed by atoms with Crippen molar-refractivity contribution in [2.75, 3.05) is 11.8 Å². The number of hydrogen-bond acceptors (Lipinski definition) is 8. The Balaban J connectivity index is 1.45. The monoisotopic (exact) mass is 535 g/mol. The molecule has 1 amide bonds. The molecule has 2 heterocycles. The summed E-state index contributed by atoms with van der Waals surface area (Å²) in [5, 5.41) is 20.6. The van der Waals surface area contributed by atoms with Crippen molar-refractivity contribution >= 4 is 38.5 Å². The third-order valence-corrected chi connectivity index (χ3v) is 7.45. The number of fused-ring (bicyclic) bond motifs is 1. The van der Waals surface area contributed by atoms with Crippen LogP contribution in [0.5, 0.6) is 0 Å². The normalized spacial score (nSPS) is 11.7. The maximum atomic E-state index is 13.0. The molecule has 0 saturated heterocycles. The van der Waals surface area contributed by atoms with E-state index in [9.17, 15) is 23.3 Å². The minimum absolute atomic E-state index is 0.0391. The highest BCUT2D eigenvalue weighted by Crippen LogP contribution is 2.30. The van der Waals surface area contributed by atoms with E-state index in [2.05, 4.69) is 31.4 Å². The number of aryl methyl sites for hydroxylation is 1. The van der Waals surface area contributed by atoms with Crippen molar-refractivity contribution in [2.45, 2.75) is 37.8 Å². The zero-order valence-electron chi connectivity index (χ0n) is 21.1. The Bertz CT molecular complexity index is 1680. The number of nitrogens with zero attached hydrogens (tertiary/aromatic N) is 4. The summed E-state index contributed by atoms with van der Waals surface area (Å²) in [6.07, 6.45) is 3.06. The van der Waals surface area contributed by atoms with E-state index in [1.165, 1.54) is 48.5 Å². The number of rotatable bonds is 8. The standard InChI is InChI=1S/C25H25N7O5S/c1-15-5-10-20(22-21(15)17(11-26)12-27-22)30-38(35,36)19-8-6-16(7-9-19)23(33)28-13-18-14-32(31-29-18)25(2,3)24(34)37-4/h5-10,12,14,27,30H,13H2,1-4H3,(H,28,33). The van der Waals surface area contributed by atoms with Gasteiger partial charge in [-0.3, -0.25) is 9.52 Å². The number of aromatic amines is 1. The minimum Gasteiger partial charge on any atom is -0.467 e. The Labute approximate surface area is 218 Å². The summed E-state index contributed by atoms with van der Waals surface area (Å²) in [7, 11) is -2.70. The van der Waals surface area contributed by atoms with E-state index in [-0.39, 0.29) is 17.0 Å². The van der Waals surface area contributed by atoms with Gasteiger partial charge in [0.2, 0.25) is 0 Å². The fraction of sp³-hybridized carbons (Fsp3) is 0.240. The summed E-state index contributed by atoms with van der Waals surface area (Å²) in [5.74, 6) is -0.937. The molecule has 0 aliphatic heterocycles. The van der Waals surface area contributed by atoms with Gasteiger partial charge in [-0.25, -0.2) is 17.9 Å². The number of benzene rings is 2. The lowest BCUT2D eigenvalue weighted by atomic mass is 10.1. The van der Waals surface area contributed by atoms with E-state index in [0.717, 1.165) is 5.56 Å². The number of carbonyl (C=O) groups excluding carboxylic acids is 2. The predicted octanol–water partition coefficient (Wildman–Crippen LogP) is 2.58.